The Kier molecular flexibility index (Phi) is 5.11. The molecule has 0 aromatic heterocycles. The van der Waals surface area contributed by atoms with E-state index < -0.39 is 6.04 Å². The highest BCUT2D eigenvalue weighted by molar-refractivity contribution is 5.95. The molecule has 0 aliphatic carbocycles. The third-order valence-electron chi connectivity index (χ3n) is 2.53. The molecule has 0 aliphatic rings. The van der Waals surface area contributed by atoms with Gasteiger partial charge in [-0.25, -0.2) is 0 Å². The maximum Gasteiger partial charge on any atom is 0.244 e. The van der Waals surface area contributed by atoms with E-state index in [0.717, 1.165) is 5.56 Å². The molecule has 2 amide bonds. The lowest BCUT2D eigenvalue weighted by Crippen LogP contribution is -2.43. The van der Waals surface area contributed by atoms with Crippen molar-refractivity contribution in [3.8, 4) is 0 Å². The van der Waals surface area contributed by atoms with Crippen molar-refractivity contribution >= 4 is 23.6 Å². The largest absolute Gasteiger partial charge is 0.399 e. The van der Waals surface area contributed by atoms with Gasteiger partial charge in [-0.2, -0.15) is 0 Å². The van der Waals surface area contributed by atoms with E-state index >= 15 is 0 Å². The van der Waals surface area contributed by atoms with Gasteiger partial charge in [-0.1, -0.05) is 12.1 Å². The minimum absolute atomic E-state index is 0.144. The third-order valence-corrected chi connectivity index (χ3v) is 2.53. The number of benzene rings is 1. The number of amides is 2. The summed E-state index contributed by atoms with van der Waals surface area (Å²) in [4.78, 5) is 24.6. The van der Waals surface area contributed by atoms with Crippen LogP contribution < -0.4 is 11.1 Å². The molecule has 1 unspecified atom stereocenters. The molecule has 0 saturated heterocycles. The van der Waals surface area contributed by atoms with Gasteiger partial charge < -0.3 is 16.0 Å². The first-order chi connectivity index (χ1) is 8.90. The van der Waals surface area contributed by atoms with Crippen LogP contribution in [0, 0.1) is 0 Å². The molecule has 5 nitrogen and oxygen atoms in total. The molecule has 0 spiro atoms. The Morgan fingerprint density at radius 3 is 2.37 bits per heavy atom. The number of nitrogens with one attached hydrogen (secondary N) is 1. The smallest absolute Gasteiger partial charge is 0.244 e. The molecule has 3 N–H and O–H groups in total. The van der Waals surface area contributed by atoms with Crippen molar-refractivity contribution in [3.05, 3.63) is 35.9 Å². The molecular weight excluding hydrogens is 242 g/mol. The molecule has 0 aliphatic heterocycles. The lowest BCUT2D eigenvalue weighted by atomic mass is 10.2. The molecule has 1 rings (SSSR count). The van der Waals surface area contributed by atoms with Crippen LogP contribution in [-0.2, 0) is 9.59 Å². The second-order valence-electron chi connectivity index (χ2n) is 4.46. The van der Waals surface area contributed by atoms with Crippen LogP contribution in [0.3, 0.4) is 0 Å². The van der Waals surface area contributed by atoms with Crippen LogP contribution in [0.2, 0.25) is 0 Å². The number of carbonyl (C=O) groups excluding carboxylic acids is 2. The van der Waals surface area contributed by atoms with Crippen molar-refractivity contribution in [1.29, 1.82) is 0 Å². The number of nitrogen functional groups attached to an aromatic ring is 1. The Labute approximate surface area is 113 Å². The molecule has 0 heterocycles. The zero-order chi connectivity index (χ0) is 14.4. The van der Waals surface area contributed by atoms with E-state index in [4.69, 9.17) is 5.73 Å². The molecule has 0 saturated carbocycles. The summed E-state index contributed by atoms with van der Waals surface area (Å²) in [6.45, 7) is 1.65. The second-order valence-corrected chi connectivity index (χ2v) is 4.46. The summed E-state index contributed by atoms with van der Waals surface area (Å²) in [5.74, 6) is -0.450. The van der Waals surface area contributed by atoms with Crippen molar-refractivity contribution in [1.82, 2.24) is 10.2 Å². The SMILES string of the molecule is CC(NC(=O)/C=C/c1ccc(N)cc1)C(=O)N(C)C. The van der Waals surface area contributed by atoms with E-state index in [-0.39, 0.29) is 11.8 Å². The number of nitrogens with zero attached hydrogens (tertiary/aromatic N) is 1. The fourth-order valence-electron chi connectivity index (χ4n) is 1.49. The summed E-state index contributed by atoms with van der Waals surface area (Å²) in [5, 5.41) is 2.60. The fourth-order valence-corrected chi connectivity index (χ4v) is 1.49. The average Bonchev–Trinajstić information content (AvgIpc) is 2.37. The molecule has 1 atom stereocenters. The summed E-state index contributed by atoms with van der Waals surface area (Å²) in [7, 11) is 3.30. The van der Waals surface area contributed by atoms with E-state index in [2.05, 4.69) is 5.32 Å². The van der Waals surface area contributed by atoms with Gasteiger partial charge in [0.1, 0.15) is 6.04 Å². The summed E-state index contributed by atoms with van der Waals surface area (Å²) in [5.41, 5.74) is 7.11. The van der Waals surface area contributed by atoms with E-state index in [1.807, 2.05) is 12.1 Å². The predicted octanol–water partition coefficient (Wildman–Crippen LogP) is 0.875. The van der Waals surface area contributed by atoms with Crippen molar-refractivity contribution in [2.45, 2.75) is 13.0 Å². The zero-order valence-corrected chi connectivity index (χ0v) is 11.4. The standard InChI is InChI=1S/C14H19N3O2/c1-10(14(19)17(2)3)16-13(18)9-6-11-4-7-12(15)8-5-11/h4-10H,15H2,1-3H3,(H,16,18)/b9-6+. The van der Waals surface area contributed by atoms with Gasteiger partial charge in [0, 0.05) is 25.9 Å². The van der Waals surface area contributed by atoms with Crippen LogP contribution in [-0.4, -0.2) is 36.9 Å². The summed E-state index contributed by atoms with van der Waals surface area (Å²) >= 11 is 0. The van der Waals surface area contributed by atoms with E-state index in [1.165, 1.54) is 11.0 Å². The number of carbonyl (C=O) groups is 2. The monoisotopic (exact) mass is 261 g/mol. The van der Waals surface area contributed by atoms with Crippen LogP contribution in [0.25, 0.3) is 6.08 Å². The van der Waals surface area contributed by atoms with Crippen molar-refractivity contribution in [3.63, 3.8) is 0 Å². The lowest BCUT2D eigenvalue weighted by Gasteiger charge is -2.16. The van der Waals surface area contributed by atoms with Crippen molar-refractivity contribution < 1.29 is 9.59 Å². The first-order valence-corrected chi connectivity index (χ1v) is 5.95. The van der Waals surface area contributed by atoms with Gasteiger partial charge >= 0.3 is 0 Å². The average molecular weight is 261 g/mol. The third kappa shape index (κ3) is 4.83. The molecular formula is C14H19N3O2. The van der Waals surface area contributed by atoms with Crippen LogP contribution in [0.4, 0.5) is 5.69 Å². The second kappa shape index (κ2) is 6.58. The highest BCUT2D eigenvalue weighted by Gasteiger charge is 2.15. The summed E-state index contributed by atoms with van der Waals surface area (Å²) < 4.78 is 0. The first kappa shape index (κ1) is 14.8. The lowest BCUT2D eigenvalue weighted by molar-refractivity contribution is -0.132. The molecule has 5 heteroatoms. The number of hydrogen-bond acceptors (Lipinski definition) is 3. The van der Waals surface area contributed by atoms with Gasteiger partial charge in [0.15, 0.2) is 0 Å². The predicted molar refractivity (Wildman–Crippen MR) is 76.2 cm³/mol. The van der Waals surface area contributed by atoms with Crippen LogP contribution >= 0.6 is 0 Å². The Morgan fingerprint density at radius 2 is 1.84 bits per heavy atom. The highest BCUT2D eigenvalue weighted by atomic mass is 16.2. The van der Waals surface area contributed by atoms with Gasteiger partial charge in [0.05, 0.1) is 0 Å². The Morgan fingerprint density at radius 1 is 1.26 bits per heavy atom. The van der Waals surface area contributed by atoms with Gasteiger partial charge in [-0.05, 0) is 30.7 Å². The number of rotatable bonds is 4. The quantitative estimate of drug-likeness (QED) is 0.624. The molecule has 102 valence electrons. The molecule has 0 bridgehead atoms. The van der Waals surface area contributed by atoms with Crippen LogP contribution in [0.1, 0.15) is 12.5 Å². The summed E-state index contributed by atoms with van der Waals surface area (Å²) in [6, 6.07) is 6.60. The Balaban J connectivity index is 2.55. The van der Waals surface area contributed by atoms with Crippen LogP contribution in [0.15, 0.2) is 30.3 Å². The number of likely N-dealkylation sites (N-methyl/N-ethyl adjacent to an activating group) is 1. The van der Waals surface area contributed by atoms with E-state index in [9.17, 15) is 9.59 Å². The van der Waals surface area contributed by atoms with Crippen LogP contribution in [0.5, 0.6) is 0 Å². The Bertz CT molecular complexity index is 478. The van der Waals surface area contributed by atoms with Crippen molar-refractivity contribution in [2.75, 3.05) is 19.8 Å². The molecule has 0 radical (unpaired) electrons. The topological polar surface area (TPSA) is 75.4 Å². The normalized spacial score (nSPS) is 12.2. The Hall–Kier alpha value is -2.30. The number of hydrogen-bond donors (Lipinski definition) is 2. The van der Waals surface area contributed by atoms with Crippen molar-refractivity contribution in [2.24, 2.45) is 0 Å². The zero-order valence-electron chi connectivity index (χ0n) is 11.4. The highest BCUT2D eigenvalue weighted by Crippen LogP contribution is 2.06. The minimum atomic E-state index is -0.543. The maximum atomic E-state index is 11.6. The number of nitrogens with two attached hydrogens (primary N) is 1. The van der Waals surface area contributed by atoms with Gasteiger partial charge in [0.2, 0.25) is 11.8 Å². The first-order valence-electron chi connectivity index (χ1n) is 5.95. The van der Waals surface area contributed by atoms with Gasteiger partial charge in [-0.3, -0.25) is 9.59 Å². The maximum absolute atomic E-state index is 11.6. The molecule has 1 aromatic rings. The summed E-state index contributed by atoms with van der Waals surface area (Å²) in [6.07, 6.45) is 3.06. The fraction of sp³-hybridized carbons (Fsp3) is 0.286. The van der Waals surface area contributed by atoms with E-state index in [0.29, 0.717) is 5.69 Å². The van der Waals surface area contributed by atoms with Gasteiger partial charge in [0.25, 0.3) is 0 Å². The number of anilines is 1. The molecule has 1 aromatic carbocycles. The van der Waals surface area contributed by atoms with Gasteiger partial charge in [-0.15, -0.1) is 0 Å². The molecule has 0 fully saturated rings. The molecule has 19 heavy (non-hydrogen) atoms. The minimum Gasteiger partial charge on any atom is -0.399 e. The van der Waals surface area contributed by atoms with E-state index in [1.54, 1.807) is 39.2 Å².